The topological polar surface area (TPSA) is 26.0 Å². The largest absolute Gasteiger partial charge is 0.324 e. The summed E-state index contributed by atoms with van der Waals surface area (Å²) >= 11 is 0. The molecule has 2 atom stereocenters. The molecule has 2 N–H and O–H groups in total. The van der Waals surface area contributed by atoms with Crippen molar-refractivity contribution in [3.8, 4) is 0 Å². The first-order chi connectivity index (χ1) is 7.19. The Hall–Kier alpha value is -0.890. The first-order valence-electron chi connectivity index (χ1n) is 5.70. The van der Waals surface area contributed by atoms with E-state index in [-0.39, 0.29) is 11.9 Å². The van der Waals surface area contributed by atoms with E-state index in [0.717, 1.165) is 24.8 Å². The Morgan fingerprint density at radius 1 is 1.20 bits per heavy atom. The number of nitrogens with two attached hydrogens (primary N) is 1. The van der Waals surface area contributed by atoms with Gasteiger partial charge < -0.3 is 5.73 Å². The van der Waals surface area contributed by atoms with Gasteiger partial charge in [-0.25, -0.2) is 4.39 Å². The van der Waals surface area contributed by atoms with E-state index >= 15 is 0 Å². The highest BCUT2D eigenvalue weighted by Crippen LogP contribution is 2.26. The van der Waals surface area contributed by atoms with Crippen LogP contribution in [0.5, 0.6) is 0 Å². The molecule has 0 radical (unpaired) electrons. The third-order valence-electron chi connectivity index (χ3n) is 2.95. The zero-order valence-corrected chi connectivity index (χ0v) is 9.54. The number of hydrogen-bond acceptors (Lipinski definition) is 1. The molecule has 2 heteroatoms. The number of benzene rings is 1. The summed E-state index contributed by atoms with van der Waals surface area (Å²) in [7, 11) is 0. The Labute approximate surface area is 91.5 Å². The summed E-state index contributed by atoms with van der Waals surface area (Å²) in [6, 6.07) is 6.58. The summed E-state index contributed by atoms with van der Waals surface area (Å²) in [6.07, 6.45) is 3.36. The number of hydrogen-bond donors (Lipinski definition) is 1. The van der Waals surface area contributed by atoms with E-state index < -0.39 is 0 Å². The van der Waals surface area contributed by atoms with Crippen molar-refractivity contribution in [3.05, 3.63) is 35.6 Å². The van der Waals surface area contributed by atoms with Gasteiger partial charge in [0.15, 0.2) is 0 Å². The number of halogens is 1. The summed E-state index contributed by atoms with van der Waals surface area (Å²) in [6.45, 7) is 4.32. The minimum atomic E-state index is -0.200. The van der Waals surface area contributed by atoms with Gasteiger partial charge in [0, 0.05) is 6.04 Å². The fourth-order valence-corrected chi connectivity index (χ4v) is 1.97. The Morgan fingerprint density at radius 2 is 1.80 bits per heavy atom. The van der Waals surface area contributed by atoms with E-state index in [2.05, 4.69) is 13.8 Å². The minimum absolute atomic E-state index is 0.0375. The molecule has 0 fully saturated rings. The van der Waals surface area contributed by atoms with Gasteiger partial charge in [-0.05, 0) is 30.0 Å². The maximum absolute atomic E-state index is 12.7. The Morgan fingerprint density at radius 3 is 2.27 bits per heavy atom. The third kappa shape index (κ3) is 3.31. The molecule has 1 aromatic carbocycles. The van der Waals surface area contributed by atoms with Crippen LogP contribution in [0.3, 0.4) is 0 Å². The van der Waals surface area contributed by atoms with Gasteiger partial charge >= 0.3 is 0 Å². The van der Waals surface area contributed by atoms with Crippen molar-refractivity contribution in [1.82, 2.24) is 0 Å². The Bertz CT molecular complexity index is 281. The van der Waals surface area contributed by atoms with Crippen LogP contribution in [0.2, 0.25) is 0 Å². The molecule has 1 nitrogen and oxygen atoms in total. The predicted molar refractivity (Wildman–Crippen MR) is 62.0 cm³/mol. The minimum Gasteiger partial charge on any atom is -0.324 e. The van der Waals surface area contributed by atoms with Gasteiger partial charge in [0.2, 0.25) is 0 Å². The molecule has 15 heavy (non-hydrogen) atoms. The van der Waals surface area contributed by atoms with Crippen LogP contribution in [-0.2, 0) is 0 Å². The molecule has 0 saturated heterocycles. The Kier molecular flexibility index (Phi) is 4.76. The highest BCUT2D eigenvalue weighted by molar-refractivity contribution is 5.20. The lowest BCUT2D eigenvalue weighted by atomic mass is 9.88. The average Bonchev–Trinajstić information content (AvgIpc) is 2.26. The van der Waals surface area contributed by atoms with E-state index in [9.17, 15) is 4.39 Å². The SMILES string of the molecule is CCCC(CC)C(N)c1ccc(F)cc1. The molecule has 1 rings (SSSR count). The second-order valence-electron chi connectivity index (χ2n) is 4.03. The molecule has 2 unspecified atom stereocenters. The summed E-state index contributed by atoms with van der Waals surface area (Å²) in [5.41, 5.74) is 7.20. The summed E-state index contributed by atoms with van der Waals surface area (Å²) in [4.78, 5) is 0. The molecule has 0 aliphatic carbocycles. The highest BCUT2D eigenvalue weighted by atomic mass is 19.1. The van der Waals surface area contributed by atoms with Crippen LogP contribution < -0.4 is 5.73 Å². The maximum Gasteiger partial charge on any atom is 0.123 e. The van der Waals surface area contributed by atoms with Crippen LogP contribution in [0.4, 0.5) is 4.39 Å². The molecule has 0 saturated carbocycles. The number of rotatable bonds is 5. The molecule has 0 amide bonds. The molecule has 0 aliphatic rings. The highest BCUT2D eigenvalue weighted by Gasteiger charge is 2.16. The molecule has 0 aliphatic heterocycles. The van der Waals surface area contributed by atoms with Gasteiger partial charge in [0.05, 0.1) is 0 Å². The first-order valence-corrected chi connectivity index (χ1v) is 5.70. The predicted octanol–water partition coefficient (Wildman–Crippen LogP) is 3.65. The summed E-state index contributed by atoms with van der Waals surface area (Å²) in [5.74, 6) is 0.301. The molecule has 0 aromatic heterocycles. The molecule has 0 spiro atoms. The van der Waals surface area contributed by atoms with Crippen molar-refractivity contribution in [2.75, 3.05) is 0 Å². The lowest BCUT2D eigenvalue weighted by Crippen LogP contribution is -2.20. The zero-order valence-electron chi connectivity index (χ0n) is 9.54. The van der Waals surface area contributed by atoms with Crippen LogP contribution in [0, 0.1) is 11.7 Å². The first kappa shape index (κ1) is 12.2. The zero-order chi connectivity index (χ0) is 11.3. The lowest BCUT2D eigenvalue weighted by molar-refractivity contribution is 0.386. The second-order valence-corrected chi connectivity index (χ2v) is 4.03. The normalized spacial score (nSPS) is 14.9. The van der Waals surface area contributed by atoms with E-state index in [1.165, 1.54) is 12.1 Å². The molecule has 0 heterocycles. The van der Waals surface area contributed by atoms with Crippen LogP contribution >= 0.6 is 0 Å². The van der Waals surface area contributed by atoms with E-state index in [0.29, 0.717) is 5.92 Å². The quantitative estimate of drug-likeness (QED) is 0.787. The standard InChI is InChI=1S/C13H20FN/c1-3-5-10(4-2)13(15)11-6-8-12(14)9-7-11/h6-10,13H,3-5,15H2,1-2H3. The smallest absolute Gasteiger partial charge is 0.123 e. The van der Waals surface area contributed by atoms with Crippen molar-refractivity contribution in [3.63, 3.8) is 0 Å². The third-order valence-corrected chi connectivity index (χ3v) is 2.95. The summed E-state index contributed by atoms with van der Waals surface area (Å²) < 4.78 is 12.7. The molecule has 84 valence electrons. The van der Waals surface area contributed by atoms with Crippen molar-refractivity contribution in [2.45, 2.75) is 39.2 Å². The van der Waals surface area contributed by atoms with Gasteiger partial charge in [-0.2, -0.15) is 0 Å². The average molecular weight is 209 g/mol. The molecule has 1 aromatic rings. The van der Waals surface area contributed by atoms with Crippen LogP contribution in [0.1, 0.15) is 44.7 Å². The van der Waals surface area contributed by atoms with Gasteiger partial charge in [0.1, 0.15) is 5.82 Å². The van der Waals surface area contributed by atoms with Crippen LogP contribution in [0.25, 0.3) is 0 Å². The van der Waals surface area contributed by atoms with Gasteiger partial charge in [-0.3, -0.25) is 0 Å². The van der Waals surface area contributed by atoms with E-state index in [1.54, 1.807) is 12.1 Å². The van der Waals surface area contributed by atoms with Gasteiger partial charge in [-0.1, -0.05) is 38.8 Å². The fourth-order valence-electron chi connectivity index (χ4n) is 1.97. The van der Waals surface area contributed by atoms with Gasteiger partial charge in [-0.15, -0.1) is 0 Å². The van der Waals surface area contributed by atoms with Gasteiger partial charge in [0.25, 0.3) is 0 Å². The summed E-state index contributed by atoms with van der Waals surface area (Å²) in [5, 5.41) is 0. The van der Waals surface area contributed by atoms with Crippen molar-refractivity contribution in [1.29, 1.82) is 0 Å². The van der Waals surface area contributed by atoms with Crippen LogP contribution in [-0.4, -0.2) is 0 Å². The second kappa shape index (κ2) is 5.86. The monoisotopic (exact) mass is 209 g/mol. The molecule has 0 bridgehead atoms. The van der Waals surface area contributed by atoms with Crippen molar-refractivity contribution < 1.29 is 4.39 Å². The maximum atomic E-state index is 12.7. The molecular weight excluding hydrogens is 189 g/mol. The van der Waals surface area contributed by atoms with Crippen LogP contribution in [0.15, 0.2) is 24.3 Å². The molecular formula is C13H20FN. The van der Waals surface area contributed by atoms with Crippen molar-refractivity contribution >= 4 is 0 Å². The lowest BCUT2D eigenvalue weighted by Gasteiger charge is -2.22. The van der Waals surface area contributed by atoms with Crippen molar-refractivity contribution in [2.24, 2.45) is 11.7 Å². The fraction of sp³-hybridized carbons (Fsp3) is 0.538. The van der Waals surface area contributed by atoms with E-state index in [4.69, 9.17) is 5.73 Å². The Balaban J connectivity index is 2.73. The van der Waals surface area contributed by atoms with E-state index in [1.807, 2.05) is 0 Å².